The predicted octanol–water partition coefficient (Wildman–Crippen LogP) is 4.42. The van der Waals surface area contributed by atoms with Gasteiger partial charge in [-0.05, 0) is 64.2 Å². The summed E-state index contributed by atoms with van der Waals surface area (Å²) in [5.74, 6) is -2.28. The maximum Gasteiger partial charge on any atom is 0.326 e. The van der Waals surface area contributed by atoms with Crippen LogP contribution in [0.25, 0.3) is 22.7 Å². The van der Waals surface area contributed by atoms with E-state index in [4.69, 9.17) is 9.52 Å². The Kier molecular flexibility index (Phi) is 12.8. The number of carboxylic acid groups (broad SMARTS) is 2. The lowest BCUT2D eigenvalue weighted by Gasteiger charge is -2.40. The van der Waals surface area contributed by atoms with E-state index in [1.165, 1.54) is 11.1 Å². The van der Waals surface area contributed by atoms with E-state index in [1.54, 1.807) is 6.07 Å². The fourth-order valence-electron chi connectivity index (χ4n) is 4.46. The van der Waals surface area contributed by atoms with Crippen LogP contribution in [0, 0.1) is 5.92 Å². The average Bonchev–Trinajstić information content (AvgIpc) is 3.66. The molecule has 2 aromatic heterocycles. The molecule has 0 unspecified atom stereocenters. The molecule has 6 N–H and O–H groups in total. The Bertz CT molecular complexity index is 1420. The topological polar surface area (TPSA) is 205 Å². The Labute approximate surface area is 257 Å². The number of carbonyl (C=O) groups is 4. The normalized spacial score (nSPS) is 12.0. The molecule has 0 saturated heterocycles. The molecule has 0 bridgehead atoms. The van der Waals surface area contributed by atoms with Crippen LogP contribution in [0.5, 0.6) is 0 Å². The lowest BCUT2D eigenvalue weighted by Crippen LogP contribution is -2.55. The van der Waals surface area contributed by atoms with Crippen LogP contribution in [0.3, 0.4) is 0 Å². The van der Waals surface area contributed by atoms with Crippen molar-refractivity contribution in [1.29, 1.82) is 0 Å². The molecule has 240 valence electrons. The molecular formula is C31H44N6O7. The minimum atomic E-state index is -1.05. The zero-order valence-electron chi connectivity index (χ0n) is 26.4. The van der Waals surface area contributed by atoms with Gasteiger partial charge in [-0.3, -0.25) is 19.5 Å². The Hall–Kier alpha value is -4.52. The van der Waals surface area contributed by atoms with Gasteiger partial charge in [-0.15, -0.1) is 0 Å². The number of aromatic amines is 1. The molecule has 3 aromatic rings. The molecule has 0 radical (unpaired) electrons. The van der Waals surface area contributed by atoms with Gasteiger partial charge in [0.2, 0.25) is 11.7 Å². The predicted molar refractivity (Wildman–Crippen MR) is 165 cm³/mol. The second-order valence-electron chi connectivity index (χ2n) is 11.7. The zero-order valence-corrected chi connectivity index (χ0v) is 26.4. The Balaban J connectivity index is 0.00000125. The standard InChI is InChI=1S/C29H39N5O5.C2H5NO2/c1-8-20(9-2)31-25(35)24-16-30-26(39-24)19-12-10-11-18(14-19)21-15-22(33-32-21)27(36)34(29(5,6)7)23(28(37)38)13-17(3)4;3-1-2(4)5/h10-12,14-17,20,23H,8-9,13H2,1-7H3,(H,31,35)(H,32,33)(H,37,38);1,3H2,(H,4,5)/t23-;/m0./s1. The van der Waals surface area contributed by atoms with E-state index in [2.05, 4.69) is 26.2 Å². The summed E-state index contributed by atoms with van der Waals surface area (Å²) in [5, 5.41) is 27.6. The van der Waals surface area contributed by atoms with Gasteiger partial charge in [0.05, 0.1) is 18.4 Å². The van der Waals surface area contributed by atoms with Gasteiger partial charge in [-0.25, -0.2) is 9.78 Å². The van der Waals surface area contributed by atoms with Gasteiger partial charge in [0.1, 0.15) is 6.04 Å². The van der Waals surface area contributed by atoms with Gasteiger partial charge in [-0.1, -0.05) is 39.8 Å². The monoisotopic (exact) mass is 612 g/mol. The van der Waals surface area contributed by atoms with Crippen LogP contribution in [0.1, 0.15) is 88.8 Å². The van der Waals surface area contributed by atoms with Crippen molar-refractivity contribution >= 4 is 23.8 Å². The van der Waals surface area contributed by atoms with E-state index in [-0.39, 0.29) is 35.9 Å². The van der Waals surface area contributed by atoms with Crippen molar-refractivity contribution in [2.75, 3.05) is 6.54 Å². The third kappa shape index (κ3) is 9.76. The van der Waals surface area contributed by atoms with Gasteiger partial charge < -0.3 is 30.6 Å². The van der Waals surface area contributed by atoms with Crippen molar-refractivity contribution in [3.8, 4) is 22.7 Å². The maximum atomic E-state index is 13.6. The summed E-state index contributed by atoms with van der Waals surface area (Å²) in [6.45, 7) is 13.0. The van der Waals surface area contributed by atoms with E-state index in [0.29, 0.717) is 23.6 Å². The number of aliphatic carboxylic acids is 2. The molecule has 0 fully saturated rings. The highest BCUT2D eigenvalue weighted by Gasteiger charge is 2.39. The summed E-state index contributed by atoms with van der Waals surface area (Å²) in [7, 11) is 0. The first-order valence-corrected chi connectivity index (χ1v) is 14.5. The first-order chi connectivity index (χ1) is 20.6. The lowest BCUT2D eigenvalue weighted by atomic mass is 9.96. The number of hydrogen-bond acceptors (Lipinski definition) is 8. The van der Waals surface area contributed by atoms with Crippen molar-refractivity contribution in [2.45, 2.75) is 85.4 Å². The molecule has 0 saturated carbocycles. The summed E-state index contributed by atoms with van der Waals surface area (Å²) in [4.78, 5) is 53.1. The van der Waals surface area contributed by atoms with Crippen LogP contribution >= 0.6 is 0 Å². The quantitative estimate of drug-likeness (QED) is 0.195. The maximum absolute atomic E-state index is 13.6. The molecule has 2 heterocycles. The number of hydrogen-bond donors (Lipinski definition) is 5. The zero-order chi connectivity index (χ0) is 33.2. The molecule has 13 nitrogen and oxygen atoms in total. The van der Waals surface area contributed by atoms with Crippen LogP contribution in [-0.4, -0.2) is 78.2 Å². The summed E-state index contributed by atoms with van der Waals surface area (Å²) >= 11 is 0. The number of carboxylic acids is 2. The molecule has 0 aliphatic rings. The summed E-state index contributed by atoms with van der Waals surface area (Å²) in [6.07, 6.45) is 3.37. The van der Waals surface area contributed by atoms with Crippen molar-refractivity contribution in [2.24, 2.45) is 11.7 Å². The molecule has 1 aromatic carbocycles. The van der Waals surface area contributed by atoms with Crippen LogP contribution < -0.4 is 11.1 Å². The number of carbonyl (C=O) groups excluding carboxylic acids is 2. The van der Waals surface area contributed by atoms with E-state index in [0.717, 1.165) is 18.4 Å². The SMILES string of the molecule is CCC(CC)NC(=O)c1cnc(-c2cccc(-c3cc(C(=O)N([C@@H](CC(C)C)C(=O)O)C(C)(C)C)n[nH]3)c2)o1.NCC(=O)O. The number of rotatable bonds is 12. The largest absolute Gasteiger partial charge is 0.480 e. The number of benzene rings is 1. The number of oxazole rings is 1. The van der Waals surface area contributed by atoms with E-state index in [9.17, 15) is 24.3 Å². The second-order valence-corrected chi connectivity index (χ2v) is 11.7. The highest BCUT2D eigenvalue weighted by molar-refractivity contribution is 5.96. The molecule has 0 aliphatic carbocycles. The third-order valence-electron chi connectivity index (χ3n) is 6.68. The molecule has 1 atom stereocenters. The molecule has 44 heavy (non-hydrogen) atoms. The number of H-pyrrole nitrogens is 1. The van der Waals surface area contributed by atoms with Crippen LogP contribution in [0.2, 0.25) is 0 Å². The fraction of sp³-hybridized carbons (Fsp3) is 0.484. The third-order valence-corrected chi connectivity index (χ3v) is 6.68. The first-order valence-electron chi connectivity index (χ1n) is 14.5. The van der Waals surface area contributed by atoms with E-state index >= 15 is 0 Å². The number of aromatic nitrogens is 3. The van der Waals surface area contributed by atoms with Crippen LogP contribution in [0.15, 0.2) is 40.9 Å². The van der Waals surface area contributed by atoms with E-state index < -0.39 is 29.4 Å². The van der Waals surface area contributed by atoms with Crippen LogP contribution in [-0.2, 0) is 9.59 Å². The molecule has 0 spiro atoms. The van der Waals surface area contributed by atoms with Crippen molar-refractivity contribution in [1.82, 2.24) is 25.4 Å². The molecule has 0 aliphatic heterocycles. The van der Waals surface area contributed by atoms with Gasteiger partial charge in [0.15, 0.2) is 5.69 Å². The van der Waals surface area contributed by atoms with Gasteiger partial charge in [0.25, 0.3) is 11.8 Å². The number of nitrogens with zero attached hydrogens (tertiary/aromatic N) is 3. The van der Waals surface area contributed by atoms with Crippen molar-refractivity contribution in [3.05, 3.63) is 48.0 Å². The molecule has 3 rings (SSSR count). The summed E-state index contributed by atoms with van der Waals surface area (Å²) < 4.78 is 5.74. The second kappa shape index (κ2) is 15.8. The average molecular weight is 613 g/mol. The van der Waals surface area contributed by atoms with Crippen LogP contribution in [0.4, 0.5) is 0 Å². The van der Waals surface area contributed by atoms with Gasteiger partial charge >= 0.3 is 11.9 Å². The highest BCUT2D eigenvalue weighted by atomic mass is 16.4. The lowest BCUT2D eigenvalue weighted by molar-refractivity contribution is -0.144. The summed E-state index contributed by atoms with van der Waals surface area (Å²) in [6, 6.07) is 7.97. The minimum absolute atomic E-state index is 0.0667. The molecular weight excluding hydrogens is 568 g/mol. The molecule has 13 heteroatoms. The summed E-state index contributed by atoms with van der Waals surface area (Å²) in [5.41, 5.74) is 5.90. The fourth-order valence-corrected chi connectivity index (χ4v) is 4.46. The first kappa shape index (κ1) is 35.7. The van der Waals surface area contributed by atoms with Gasteiger partial charge in [-0.2, -0.15) is 5.10 Å². The molecule has 2 amide bonds. The Morgan fingerprint density at radius 1 is 1.07 bits per heavy atom. The Morgan fingerprint density at radius 3 is 2.20 bits per heavy atom. The minimum Gasteiger partial charge on any atom is -0.480 e. The van der Waals surface area contributed by atoms with Crippen molar-refractivity contribution in [3.63, 3.8) is 0 Å². The Morgan fingerprint density at radius 2 is 1.68 bits per heavy atom. The van der Waals surface area contributed by atoms with Crippen molar-refractivity contribution < 1.29 is 33.8 Å². The highest BCUT2D eigenvalue weighted by Crippen LogP contribution is 2.28. The van der Waals surface area contributed by atoms with E-state index in [1.807, 2.05) is 72.7 Å². The van der Waals surface area contributed by atoms with Gasteiger partial charge in [0, 0.05) is 22.7 Å². The number of amides is 2. The number of nitrogens with two attached hydrogens (primary N) is 1. The number of nitrogens with one attached hydrogen (secondary N) is 2. The smallest absolute Gasteiger partial charge is 0.326 e.